The van der Waals surface area contributed by atoms with Crippen molar-refractivity contribution in [3.63, 3.8) is 0 Å². The first kappa shape index (κ1) is 50.2. The van der Waals surface area contributed by atoms with E-state index in [-0.39, 0.29) is 52.3 Å². The Morgan fingerprint density at radius 3 is 0.655 bits per heavy atom. The summed E-state index contributed by atoms with van der Waals surface area (Å²) in [6.45, 7) is 41.3. The number of benzene rings is 3. The lowest BCUT2D eigenvalue weighted by atomic mass is 9.74. The lowest BCUT2D eigenvalue weighted by Gasteiger charge is -2.32. The van der Waals surface area contributed by atoms with Gasteiger partial charge in [-0.25, -0.2) is 0 Å². The van der Waals surface area contributed by atoms with Crippen molar-refractivity contribution in [1.29, 1.82) is 0 Å². The van der Waals surface area contributed by atoms with E-state index in [0.717, 1.165) is 16.7 Å². The van der Waals surface area contributed by atoms with E-state index in [0.29, 0.717) is 39.1 Å². The molecular formula is C51H81O6P. The molecule has 0 fully saturated rings. The number of rotatable bonds is 15. The van der Waals surface area contributed by atoms with Crippen LogP contribution in [0.1, 0.15) is 191 Å². The van der Waals surface area contributed by atoms with Gasteiger partial charge in [0.1, 0.15) is 0 Å². The van der Waals surface area contributed by atoms with Crippen LogP contribution in [0, 0.1) is 0 Å². The van der Waals surface area contributed by atoms with Gasteiger partial charge in [-0.15, -0.1) is 0 Å². The van der Waals surface area contributed by atoms with Gasteiger partial charge in [0.25, 0.3) is 0 Å². The van der Waals surface area contributed by atoms with Gasteiger partial charge in [0.2, 0.25) is 0 Å². The SMILES string of the molecule is CC(C)(C)c1cc(COP(OCc2cc(C(C)(C)C)c(CCO)c(C(C)(C)C)c2)OCc2cc(C(C)(C)C)c(CCO)c(C(C)(C)C)c2)cc(C(C)(C)C)c1CCO. The highest BCUT2D eigenvalue weighted by Gasteiger charge is 2.30. The Kier molecular flexibility index (Phi) is 16.7. The summed E-state index contributed by atoms with van der Waals surface area (Å²) in [5.74, 6) is 0. The summed E-state index contributed by atoms with van der Waals surface area (Å²) in [7, 11) is -1.82. The summed E-state index contributed by atoms with van der Waals surface area (Å²) in [5, 5.41) is 30.3. The van der Waals surface area contributed by atoms with Crippen LogP contribution in [0.3, 0.4) is 0 Å². The molecule has 0 aliphatic carbocycles. The van der Waals surface area contributed by atoms with Crippen molar-refractivity contribution in [2.24, 2.45) is 0 Å². The molecule has 0 atom stereocenters. The minimum Gasteiger partial charge on any atom is -0.396 e. The van der Waals surface area contributed by atoms with E-state index in [2.05, 4.69) is 161 Å². The van der Waals surface area contributed by atoms with Crippen LogP contribution >= 0.6 is 8.60 Å². The molecule has 0 amide bonds. The van der Waals surface area contributed by atoms with E-state index in [4.69, 9.17) is 13.6 Å². The molecular weight excluding hydrogens is 740 g/mol. The normalized spacial score (nSPS) is 13.6. The van der Waals surface area contributed by atoms with Crippen LogP contribution in [0.4, 0.5) is 0 Å². The molecule has 0 aliphatic heterocycles. The van der Waals surface area contributed by atoms with Crippen molar-refractivity contribution >= 4 is 8.60 Å². The number of hydrogen-bond donors (Lipinski definition) is 3. The molecule has 0 aromatic heterocycles. The van der Waals surface area contributed by atoms with Crippen molar-refractivity contribution in [3.05, 3.63) is 103 Å². The van der Waals surface area contributed by atoms with Crippen LogP contribution in [0.15, 0.2) is 36.4 Å². The Hall–Kier alpha value is -2.15. The van der Waals surface area contributed by atoms with Gasteiger partial charge in [-0.2, -0.15) is 0 Å². The number of hydrogen-bond acceptors (Lipinski definition) is 6. The smallest absolute Gasteiger partial charge is 0.333 e. The lowest BCUT2D eigenvalue weighted by molar-refractivity contribution is 0.144. The highest BCUT2D eigenvalue weighted by Crippen LogP contribution is 2.46. The van der Waals surface area contributed by atoms with Crippen LogP contribution in [0.2, 0.25) is 0 Å². The predicted octanol–water partition coefficient (Wildman–Crippen LogP) is 12.3. The fourth-order valence-electron chi connectivity index (χ4n) is 8.10. The monoisotopic (exact) mass is 821 g/mol. The Bertz CT molecular complexity index is 1500. The quantitative estimate of drug-likeness (QED) is 0.132. The van der Waals surface area contributed by atoms with Crippen molar-refractivity contribution in [2.45, 2.75) is 196 Å². The van der Waals surface area contributed by atoms with Gasteiger partial charge in [-0.05, 0) is 119 Å². The lowest BCUT2D eigenvalue weighted by Crippen LogP contribution is -2.23. The maximum atomic E-state index is 10.1. The third-order valence-electron chi connectivity index (χ3n) is 10.9. The maximum absolute atomic E-state index is 10.1. The first-order chi connectivity index (χ1) is 26.4. The second-order valence-electron chi connectivity index (χ2n) is 22.5. The van der Waals surface area contributed by atoms with E-state index in [1.807, 2.05) is 0 Å². The second kappa shape index (κ2) is 19.3. The highest BCUT2D eigenvalue weighted by atomic mass is 31.2. The second-order valence-corrected chi connectivity index (χ2v) is 23.7. The molecule has 0 bridgehead atoms. The summed E-state index contributed by atoms with van der Waals surface area (Å²) < 4.78 is 20.2. The van der Waals surface area contributed by atoms with E-state index in [1.165, 1.54) is 50.1 Å². The minimum atomic E-state index is -1.82. The van der Waals surface area contributed by atoms with E-state index in [9.17, 15) is 15.3 Å². The average Bonchev–Trinajstić information content (AvgIpc) is 3.06. The molecule has 0 saturated carbocycles. The summed E-state index contributed by atoms with van der Waals surface area (Å²) in [6.07, 6.45) is 1.81. The van der Waals surface area contributed by atoms with Crippen molar-refractivity contribution in [1.82, 2.24) is 0 Å². The van der Waals surface area contributed by atoms with Crippen molar-refractivity contribution < 1.29 is 28.9 Å². The Morgan fingerprint density at radius 1 is 0.345 bits per heavy atom. The predicted molar refractivity (Wildman–Crippen MR) is 245 cm³/mol. The average molecular weight is 821 g/mol. The molecule has 0 unspecified atom stereocenters. The van der Waals surface area contributed by atoms with Crippen LogP contribution in [0.25, 0.3) is 0 Å². The van der Waals surface area contributed by atoms with E-state index < -0.39 is 8.60 Å². The van der Waals surface area contributed by atoms with E-state index >= 15 is 0 Å². The van der Waals surface area contributed by atoms with Crippen LogP contribution in [0.5, 0.6) is 0 Å². The molecule has 3 aromatic carbocycles. The first-order valence-corrected chi connectivity index (χ1v) is 22.5. The third-order valence-corrected chi connectivity index (χ3v) is 11.9. The third kappa shape index (κ3) is 13.4. The molecule has 3 aromatic rings. The van der Waals surface area contributed by atoms with Crippen molar-refractivity contribution in [3.8, 4) is 0 Å². The first-order valence-electron chi connectivity index (χ1n) is 21.4. The summed E-state index contributed by atoms with van der Waals surface area (Å²) in [4.78, 5) is 0. The standard InChI is InChI=1S/C51H81O6P/c1-46(2,3)40-25-34(26-41(47(4,5)6)37(40)19-22-52)31-55-58(56-32-35-27-42(48(7,8)9)38(20-23-53)43(28-35)49(10,11)12)57-33-36-29-44(50(13,14)15)39(21-24-54)45(30-36)51(16,17)18/h25-30,52-54H,19-24,31-33H2,1-18H3. The van der Waals surface area contributed by atoms with Gasteiger partial charge < -0.3 is 28.9 Å². The van der Waals surface area contributed by atoms with Gasteiger partial charge >= 0.3 is 8.60 Å². The van der Waals surface area contributed by atoms with Gasteiger partial charge in [0.15, 0.2) is 0 Å². The molecule has 7 heteroatoms. The molecule has 58 heavy (non-hydrogen) atoms. The van der Waals surface area contributed by atoms with Crippen LogP contribution in [-0.4, -0.2) is 35.1 Å². The maximum Gasteiger partial charge on any atom is 0.333 e. The molecule has 0 radical (unpaired) electrons. The largest absolute Gasteiger partial charge is 0.396 e. The van der Waals surface area contributed by atoms with Gasteiger partial charge in [0.05, 0.1) is 19.8 Å². The fraction of sp³-hybridized carbons (Fsp3) is 0.647. The summed E-state index contributed by atoms with van der Waals surface area (Å²) >= 11 is 0. The molecule has 326 valence electrons. The Balaban J connectivity index is 2.16. The minimum absolute atomic E-state index is 0.0959. The summed E-state index contributed by atoms with van der Waals surface area (Å²) in [5.41, 5.74) is 13.3. The molecule has 0 heterocycles. The highest BCUT2D eigenvalue weighted by molar-refractivity contribution is 7.41. The molecule has 0 saturated heterocycles. The zero-order valence-corrected chi connectivity index (χ0v) is 40.7. The number of aliphatic hydroxyl groups excluding tert-OH is 3. The summed E-state index contributed by atoms with van der Waals surface area (Å²) in [6, 6.07) is 13.4. The molecule has 6 nitrogen and oxygen atoms in total. The van der Waals surface area contributed by atoms with Crippen molar-refractivity contribution in [2.75, 3.05) is 19.8 Å². The molecule has 3 rings (SSSR count). The molecule has 0 spiro atoms. The molecule has 0 aliphatic rings. The van der Waals surface area contributed by atoms with Gasteiger partial charge in [-0.3, -0.25) is 0 Å². The number of aliphatic hydroxyl groups is 3. The fourth-order valence-corrected chi connectivity index (χ4v) is 9.08. The Labute approximate surface area is 355 Å². The van der Waals surface area contributed by atoms with Gasteiger partial charge in [-0.1, -0.05) is 161 Å². The zero-order valence-electron chi connectivity index (χ0n) is 39.8. The van der Waals surface area contributed by atoms with E-state index in [1.54, 1.807) is 0 Å². The van der Waals surface area contributed by atoms with Crippen LogP contribution < -0.4 is 0 Å². The zero-order chi connectivity index (χ0) is 44.2. The topological polar surface area (TPSA) is 88.4 Å². The van der Waals surface area contributed by atoms with Gasteiger partial charge in [0, 0.05) is 19.8 Å². The molecule has 3 N–H and O–H groups in total. The Morgan fingerprint density at radius 2 is 0.517 bits per heavy atom. The van der Waals surface area contributed by atoms with Crippen LogP contribution in [-0.2, 0) is 85.1 Å².